The van der Waals surface area contributed by atoms with Crippen LogP contribution in [0.4, 0.5) is 0 Å². The Morgan fingerprint density at radius 1 is 1.70 bits per heavy atom. The Bertz CT molecular complexity index is 236. The van der Waals surface area contributed by atoms with Crippen molar-refractivity contribution < 1.29 is 13.0 Å². The first-order valence-corrected chi connectivity index (χ1v) is 4.30. The molecule has 0 spiro atoms. The SMILES string of the molecule is C=CC=C(C)CS(=O)(=O)O. The first-order chi connectivity index (χ1) is 4.45. The Morgan fingerprint density at radius 3 is 2.50 bits per heavy atom. The molecule has 58 valence electrons. The number of rotatable bonds is 3. The van der Waals surface area contributed by atoms with E-state index in [0.717, 1.165) is 0 Å². The summed E-state index contributed by atoms with van der Waals surface area (Å²) in [5.41, 5.74) is 0.567. The topological polar surface area (TPSA) is 54.4 Å². The van der Waals surface area contributed by atoms with Crippen LogP contribution in [0.15, 0.2) is 24.3 Å². The van der Waals surface area contributed by atoms with Crippen molar-refractivity contribution in [3.05, 3.63) is 24.3 Å². The highest BCUT2D eigenvalue weighted by molar-refractivity contribution is 7.85. The van der Waals surface area contributed by atoms with Gasteiger partial charge in [0, 0.05) is 0 Å². The zero-order valence-electron chi connectivity index (χ0n) is 5.74. The molecule has 0 radical (unpaired) electrons. The Morgan fingerprint density at radius 2 is 2.20 bits per heavy atom. The molecule has 0 aliphatic carbocycles. The van der Waals surface area contributed by atoms with Gasteiger partial charge in [-0.15, -0.1) is 0 Å². The lowest BCUT2D eigenvalue weighted by Gasteiger charge is -1.93. The molecule has 0 saturated heterocycles. The second kappa shape index (κ2) is 3.53. The van der Waals surface area contributed by atoms with Gasteiger partial charge in [-0.1, -0.05) is 24.3 Å². The van der Waals surface area contributed by atoms with Crippen LogP contribution in [0.25, 0.3) is 0 Å². The lowest BCUT2D eigenvalue weighted by Crippen LogP contribution is -2.04. The summed E-state index contributed by atoms with van der Waals surface area (Å²) in [6, 6.07) is 0. The third-order valence-corrected chi connectivity index (χ3v) is 1.63. The first kappa shape index (κ1) is 9.39. The van der Waals surface area contributed by atoms with Gasteiger partial charge in [0.25, 0.3) is 10.1 Å². The minimum Gasteiger partial charge on any atom is -0.285 e. The van der Waals surface area contributed by atoms with E-state index in [4.69, 9.17) is 4.55 Å². The van der Waals surface area contributed by atoms with Crippen molar-refractivity contribution in [3.63, 3.8) is 0 Å². The molecule has 0 amide bonds. The zero-order valence-corrected chi connectivity index (χ0v) is 6.56. The van der Waals surface area contributed by atoms with Gasteiger partial charge in [0.05, 0.1) is 5.75 Å². The van der Waals surface area contributed by atoms with Crippen molar-refractivity contribution in [3.8, 4) is 0 Å². The maximum Gasteiger partial charge on any atom is 0.268 e. The second-order valence-corrected chi connectivity index (χ2v) is 3.43. The predicted molar refractivity (Wildman–Crippen MR) is 40.4 cm³/mol. The van der Waals surface area contributed by atoms with E-state index in [2.05, 4.69) is 6.58 Å². The molecule has 0 rings (SSSR count). The van der Waals surface area contributed by atoms with Crippen LogP contribution < -0.4 is 0 Å². The first-order valence-electron chi connectivity index (χ1n) is 2.69. The van der Waals surface area contributed by atoms with Gasteiger partial charge < -0.3 is 0 Å². The highest BCUT2D eigenvalue weighted by Crippen LogP contribution is 1.96. The monoisotopic (exact) mass is 162 g/mol. The molecular weight excluding hydrogens is 152 g/mol. The molecule has 0 unspecified atom stereocenters. The fourth-order valence-electron chi connectivity index (χ4n) is 0.537. The highest BCUT2D eigenvalue weighted by atomic mass is 32.2. The molecule has 0 aromatic rings. The van der Waals surface area contributed by atoms with Crippen molar-refractivity contribution >= 4 is 10.1 Å². The molecule has 3 nitrogen and oxygen atoms in total. The van der Waals surface area contributed by atoms with Crippen molar-refractivity contribution in [2.45, 2.75) is 6.92 Å². The second-order valence-electron chi connectivity index (χ2n) is 1.97. The van der Waals surface area contributed by atoms with E-state index in [1.807, 2.05) is 0 Å². The summed E-state index contributed by atoms with van der Waals surface area (Å²) in [6.45, 7) is 4.98. The molecule has 4 heteroatoms. The summed E-state index contributed by atoms with van der Waals surface area (Å²) < 4.78 is 28.7. The van der Waals surface area contributed by atoms with Gasteiger partial charge in [0.15, 0.2) is 0 Å². The van der Waals surface area contributed by atoms with Gasteiger partial charge in [-0.25, -0.2) is 0 Å². The largest absolute Gasteiger partial charge is 0.285 e. The summed E-state index contributed by atoms with van der Waals surface area (Å²) >= 11 is 0. The van der Waals surface area contributed by atoms with E-state index in [1.54, 1.807) is 6.92 Å². The van der Waals surface area contributed by atoms with Gasteiger partial charge in [-0.3, -0.25) is 4.55 Å². The van der Waals surface area contributed by atoms with Crippen LogP contribution in [-0.2, 0) is 10.1 Å². The number of hydrogen-bond donors (Lipinski definition) is 1. The van der Waals surface area contributed by atoms with E-state index >= 15 is 0 Å². The molecule has 0 saturated carbocycles. The van der Waals surface area contributed by atoms with Gasteiger partial charge >= 0.3 is 0 Å². The van der Waals surface area contributed by atoms with Crippen LogP contribution in [0.5, 0.6) is 0 Å². The van der Waals surface area contributed by atoms with Crippen molar-refractivity contribution in [1.82, 2.24) is 0 Å². The molecule has 0 aliphatic heterocycles. The average Bonchev–Trinajstić information content (AvgIpc) is 1.59. The van der Waals surface area contributed by atoms with E-state index in [0.29, 0.717) is 5.57 Å². The van der Waals surface area contributed by atoms with Gasteiger partial charge in [-0.05, 0) is 6.92 Å². The Labute approximate surface area is 60.8 Å². The lowest BCUT2D eigenvalue weighted by molar-refractivity contribution is 0.486. The summed E-state index contributed by atoms with van der Waals surface area (Å²) in [5.74, 6) is -0.320. The third-order valence-electron chi connectivity index (χ3n) is 0.812. The molecule has 0 atom stereocenters. The maximum atomic E-state index is 10.2. The molecule has 1 N–H and O–H groups in total. The molecule has 10 heavy (non-hydrogen) atoms. The third kappa shape index (κ3) is 5.53. The number of hydrogen-bond acceptors (Lipinski definition) is 2. The standard InChI is InChI=1S/C6H10O3S/c1-3-4-6(2)5-10(7,8)9/h3-4H,1,5H2,2H3,(H,7,8,9). The fraction of sp³-hybridized carbons (Fsp3) is 0.333. The Kier molecular flexibility index (Phi) is 3.32. The van der Waals surface area contributed by atoms with Crippen LogP contribution in [0.1, 0.15) is 6.92 Å². The molecule has 0 heterocycles. The smallest absolute Gasteiger partial charge is 0.268 e. The molecular formula is C6H10O3S. The Hall–Kier alpha value is -0.610. The zero-order chi connectivity index (χ0) is 8.20. The summed E-state index contributed by atoms with van der Waals surface area (Å²) in [6.07, 6.45) is 3.01. The maximum absolute atomic E-state index is 10.2. The van der Waals surface area contributed by atoms with E-state index < -0.39 is 10.1 Å². The fourth-order valence-corrected chi connectivity index (χ4v) is 1.21. The van der Waals surface area contributed by atoms with Gasteiger partial charge in [-0.2, -0.15) is 8.42 Å². The lowest BCUT2D eigenvalue weighted by atomic mass is 10.3. The van der Waals surface area contributed by atoms with Crippen LogP contribution in [0.2, 0.25) is 0 Å². The average molecular weight is 162 g/mol. The molecule has 0 aliphatic rings. The van der Waals surface area contributed by atoms with Crippen molar-refractivity contribution in [1.29, 1.82) is 0 Å². The highest BCUT2D eigenvalue weighted by Gasteiger charge is 2.03. The van der Waals surface area contributed by atoms with E-state index in [1.165, 1.54) is 12.2 Å². The minimum atomic E-state index is -3.86. The molecule has 0 aromatic carbocycles. The quantitative estimate of drug-likeness (QED) is 0.497. The van der Waals surface area contributed by atoms with Gasteiger partial charge in [0.2, 0.25) is 0 Å². The summed E-state index contributed by atoms with van der Waals surface area (Å²) in [7, 11) is -3.86. The predicted octanol–water partition coefficient (Wildman–Crippen LogP) is 1.01. The van der Waals surface area contributed by atoms with Crippen molar-refractivity contribution in [2.75, 3.05) is 5.75 Å². The number of allylic oxidation sites excluding steroid dienone is 2. The summed E-state index contributed by atoms with van der Waals surface area (Å²) in [5, 5.41) is 0. The van der Waals surface area contributed by atoms with E-state index in [9.17, 15) is 8.42 Å². The normalized spacial score (nSPS) is 13.2. The van der Waals surface area contributed by atoms with Crippen LogP contribution in [-0.4, -0.2) is 18.7 Å². The van der Waals surface area contributed by atoms with E-state index in [-0.39, 0.29) is 5.75 Å². The molecule has 0 fully saturated rings. The van der Waals surface area contributed by atoms with Crippen LogP contribution >= 0.6 is 0 Å². The minimum absolute atomic E-state index is 0.320. The molecule has 0 bridgehead atoms. The summed E-state index contributed by atoms with van der Waals surface area (Å²) in [4.78, 5) is 0. The Balaban J connectivity index is 4.18. The van der Waals surface area contributed by atoms with Crippen molar-refractivity contribution in [2.24, 2.45) is 0 Å². The van der Waals surface area contributed by atoms with Gasteiger partial charge in [0.1, 0.15) is 0 Å². The van der Waals surface area contributed by atoms with Crippen LogP contribution in [0, 0.1) is 0 Å². The molecule has 0 aromatic heterocycles. The van der Waals surface area contributed by atoms with Crippen LogP contribution in [0.3, 0.4) is 0 Å².